The predicted molar refractivity (Wildman–Crippen MR) is 108 cm³/mol. The third-order valence-electron chi connectivity index (χ3n) is 7.15. The lowest BCUT2D eigenvalue weighted by atomic mass is 9.47. The van der Waals surface area contributed by atoms with Gasteiger partial charge >= 0.3 is 0 Å². The summed E-state index contributed by atoms with van der Waals surface area (Å²) in [4.78, 5) is 4.18. The maximum absolute atomic E-state index is 6.26. The van der Waals surface area contributed by atoms with E-state index in [-0.39, 0.29) is 11.0 Å². The molecule has 4 fully saturated rings. The number of hydrogen-bond acceptors (Lipinski definition) is 5. The van der Waals surface area contributed by atoms with Crippen molar-refractivity contribution < 1.29 is 4.42 Å². The van der Waals surface area contributed by atoms with Gasteiger partial charge in [0.25, 0.3) is 0 Å². The molecule has 1 aromatic carbocycles. The Balaban J connectivity index is 1.33. The minimum atomic E-state index is -0.0674. The summed E-state index contributed by atoms with van der Waals surface area (Å²) < 4.78 is 8.28. The van der Waals surface area contributed by atoms with Gasteiger partial charge in [0.15, 0.2) is 0 Å². The summed E-state index contributed by atoms with van der Waals surface area (Å²) in [5.41, 5.74) is 0.973. The minimum absolute atomic E-state index is 0.0359. The van der Waals surface area contributed by atoms with Crippen molar-refractivity contribution in [3.8, 4) is 0 Å². The third-order valence-corrected chi connectivity index (χ3v) is 7.55. The molecule has 4 saturated carbocycles. The first-order valence-electron chi connectivity index (χ1n) is 10.2. The molecule has 4 aliphatic carbocycles. The van der Waals surface area contributed by atoms with Crippen molar-refractivity contribution in [2.45, 2.75) is 55.9 Å². The average molecular weight is 430 g/mol. The molecule has 6 nitrogen and oxygen atoms in total. The molecule has 8 heteroatoms. The van der Waals surface area contributed by atoms with Gasteiger partial charge in [0, 0.05) is 5.02 Å². The van der Waals surface area contributed by atoms with Gasteiger partial charge in [0.2, 0.25) is 17.1 Å². The smallest absolute Gasteiger partial charge is 0.242 e. The standard InChI is InChI=1S/C21H21Cl2N5O/c22-16-3-1-2-13(5-16)6-17-25-26-18(29-17)20-7-14-4-15(8-20)10-21(9-14,11-20)28-12-24-19(23)27-28/h1-3,5,12,14-15H,4,6-11H2/t14-,15-,20?,21?/m0/s1. The number of aromatic nitrogens is 5. The normalized spacial score (nSPS) is 32.8. The summed E-state index contributed by atoms with van der Waals surface area (Å²) in [5, 5.41) is 14.4. The van der Waals surface area contributed by atoms with Gasteiger partial charge in [-0.05, 0) is 79.7 Å². The molecule has 0 aliphatic heterocycles. The second-order valence-electron chi connectivity index (χ2n) is 9.23. The van der Waals surface area contributed by atoms with E-state index in [2.05, 4.69) is 20.3 Å². The van der Waals surface area contributed by atoms with Gasteiger partial charge in [0.1, 0.15) is 6.33 Å². The first-order chi connectivity index (χ1) is 14.0. The first-order valence-corrected chi connectivity index (χ1v) is 10.9. The average Bonchev–Trinajstić information content (AvgIpc) is 3.31. The van der Waals surface area contributed by atoms with Crippen LogP contribution in [0.25, 0.3) is 0 Å². The van der Waals surface area contributed by atoms with Crippen LogP contribution in [-0.2, 0) is 17.4 Å². The predicted octanol–water partition coefficient (Wildman–Crippen LogP) is 4.81. The Kier molecular flexibility index (Phi) is 3.88. The van der Waals surface area contributed by atoms with Crippen LogP contribution in [0.15, 0.2) is 35.0 Å². The van der Waals surface area contributed by atoms with E-state index in [1.165, 1.54) is 6.42 Å². The maximum atomic E-state index is 6.26. The molecule has 0 radical (unpaired) electrons. The van der Waals surface area contributed by atoms with E-state index in [0.717, 1.165) is 48.6 Å². The fourth-order valence-corrected chi connectivity index (χ4v) is 6.90. The van der Waals surface area contributed by atoms with Gasteiger partial charge in [-0.3, -0.25) is 0 Å². The van der Waals surface area contributed by atoms with Gasteiger partial charge in [-0.1, -0.05) is 23.7 Å². The molecule has 3 aromatic rings. The van der Waals surface area contributed by atoms with Crippen molar-refractivity contribution in [1.82, 2.24) is 25.0 Å². The Morgan fingerprint density at radius 2 is 1.93 bits per heavy atom. The highest BCUT2D eigenvalue weighted by Gasteiger charge is 2.61. The molecule has 0 saturated heterocycles. The molecule has 2 atom stereocenters. The Morgan fingerprint density at radius 1 is 1.10 bits per heavy atom. The fourth-order valence-electron chi connectivity index (χ4n) is 6.56. The van der Waals surface area contributed by atoms with Crippen LogP contribution in [0, 0.1) is 11.8 Å². The summed E-state index contributed by atoms with van der Waals surface area (Å²) in [6.07, 6.45) is 9.14. The van der Waals surface area contributed by atoms with Crippen LogP contribution in [-0.4, -0.2) is 25.0 Å². The van der Waals surface area contributed by atoms with Crippen LogP contribution in [0.4, 0.5) is 0 Å². The zero-order valence-corrected chi connectivity index (χ0v) is 17.4. The number of benzene rings is 1. The summed E-state index contributed by atoms with van der Waals surface area (Å²) in [7, 11) is 0. The lowest BCUT2D eigenvalue weighted by Crippen LogP contribution is -2.58. The van der Waals surface area contributed by atoms with Crippen molar-refractivity contribution in [2.24, 2.45) is 11.8 Å². The van der Waals surface area contributed by atoms with Gasteiger partial charge < -0.3 is 4.42 Å². The van der Waals surface area contributed by atoms with Gasteiger partial charge in [-0.15, -0.1) is 15.3 Å². The lowest BCUT2D eigenvalue weighted by molar-refractivity contribution is -0.0775. The van der Waals surface area contributed by atoms with Crippen LogP contribution in [0.5, 0.6) is 0 Å². The Bertz CT molecular complexity index is 1060. The second-order valence-corrected chi connectivity index (χ2v) is 10.0. The van der Waals surface area contributed by atoms with Gasteiger partial charge in [-0.2, -0.15) is 0 Å². The van der Waals surface area contributed by atoms with Crippen LogP contribution in [0.3, 0.4) is 0 Å². The Morgan fingerprint density at radius 3 is 2.66 bits per heavy atom. The van der Waals surface area contributed by atoms with Gasteiger partial charge in [0.05, 0.1) is 17.4 Å². The van der Waals surface area contributed by atoms with Gasteiger partial charge in [-0.25, -0.2) is 9.67 Å². The van der Waals surface area contributed by atoms with Crippen molar-refractivity contribution >= 4 is 23.2 Å². The molecule has 7 rings (SSSR count). The SMILES string of the molecule is Clc1cccc(Cc2nnc(C34C[C@@H]5C[C@@H](C3)CC(n3cnc(Cl)n3)(C5)C4)o2)c1. The molecular formula is C21H21Cl2N5O. The molecule has 2 heterocycles. The molecule has 0 N–H and O–H groups in total. The molecule has 29 heavy (non-hydrogen) atoms. The van der Waals surface area contributed by atoms with E-state index in [0.29, 0.717) is 29.4 Å². The van der Waals surface area contributed by atoms with E-state index in [4.69, 9.17) is 27.6 Å². The number of nitrogens with zero attached hydrogens (tertiary/aromatic N) is 5. The zero-order chi connectivity index (χ0) is 19.6. The maximum Gasteiger partial charge on any atom is 0.242 e. The monoisotopic (exact) mass is 429 g/mol. The van der Waals surface area contributed by atoms with Crippen LogP contribution < -0.4 is 0 Å². The number of halogens is 2. The van der Waals surface area contributed by atoms with Crippen molar-refractivity contribution in [2.75, 3.05) is 0 Å². The molecule has 2 aromatic heterocycles. The highest BCUT2D eigenvalue weighted by molar-refractivity contribution is 6.30. The van der Waals surface area contributed by atoms with Crippen LogP contribution in [0.2, 0.25) is 10.3 Å². The number of hydrogen-bond donors (Lipinski definition) is 0. The summed E-state index contributed by atoms with van der Waals surface area (Å²) >= 11 is 12.2. The minimum Gasteiger partial charge on any atom is -0.424 e. The topological polar surface area (TPSA) is 69.6 Å². The summed E-state index contributed by atoms with van der Waals surface area (Å²) in [5.74, 6) is 2.75. The highest BCUT2D eigenvalue weighted by atomic mass is 35.5. The third kappa shape index (κ3) is 2.91. The zero-order valence-electron chi connectivity index (χ0n) is 15.9. The van der Waals surface area contributed by atoms with Crippen molar-refractivity contribution in [3.63, 3.8) is 0 Å². The highest BCUT2D eigenvalue weighted by Crippen LogP contribution is 2.64. The van der Waals surface area contributed by atoms with Crippen molar-refractivity contribution in [3.05, 3.63) is 58.2 Å². The molecule has 150 valence electrons. The molecule has 0 spiro atoms. The van der Waals surface area contributed by atoms with E-state index in [1.54, 1.807) is 6.33 Å². The Hall–Kier alpha value is -1.92. The quantitative estimate of drug-likeness (QED) is 0.595. The molecule has 4 aliphatic rings. The van der Waals surface area contributed by atoms with E-state index < -0.39 is 0 Å². The summed E-state index contributed by atoms with van der Waals surface area (Å²) in [6, 6.07) is 7.79. The van der Waals surface area contributed by atoms with E-state index >= 15 is 0 Å². The van der Waals surface area contributed by atoms with Crippen LogP contribution in [0.1, 0.15) is 55.9 Å². The fraction of sp³-hybridized carbons (Fsp3) is 0.524. The van der Waals surface area contributed by atoms with Crippen molar-refractivity contribution in [1.29, 1.82) is 0 Å². The largest absolute Gasteiger partial charge is 0.424 e. The summed E-state index contributed by atoms with van der Waals surface area (Å²) in [6.45, 7) is 0. The molecule has 0 unspecified atom stereocenters. The molecular weight excluding hydrogens is 409 g/mol. The van der Waals surface area contributed by atoms with E-state index in [9.17, 15) is 0 Å². The van der Waals surface area contributed by atoms with E-state index in [1.807, 2.05) is 28.9 Å². The second kappa shape index (κ2) is 6.29. The number of rotatable bonds is 4. The Labute approximate surface area is 178 Å². The molecule has 4 bridgehead atoms. The first kappa shape index (κ1) is 17.9. The van der Waals surface area contributed by atoms with Crippen LogP contribution >= 0.6 is 23.2 Å². The molecule has 0 amide bonds. The lowest BCUT2D eigenvalue weighted by Gasteiger charge is -2.60.